The molecule has 2 heterocycles. The van der Waals surface area contributed by atoms with Gasteiger partial charge in [-0.2, -0.15) is 0 Å². The zero-order valence-electron chi connectivity index (χ0n) is 11.9. The van der Waals surface area contributed by atoms with Gasteiger partial charge in [-0.1, -0.05) is 6.07 Å². The van der Waals surface area contributed by atoms with Crippen molar-refractivity contribution in [3.05, 3.63) is 59.9 Å². The van der Waals surface area contributed by atoms with Crippen molar-refractivity contribution in [2.45, 2.75) is 6.92 Å². The van der Waals surface area contributed by atoms with E-state index < -0.39 is 5.97 Å². The Morgan fingerprint density at radius 3 is 2.86 bits per heavy atom. The summed E-state index contributed by atoms with van der Waals surface area (Å²) in [4.78, 5) is 22.7. The van der Waals surface area contributed by atoms with Gasteiger partial charge in [-0.05, 0) is 42.8 Å². The van der Waals surface area contributed by atoms with Crippen molar-refractivity contribution in [1.82, 2.24) is 15.0 Å². The van der Waals surface area contributed by atoms with Gasteiger partial charge in [-0.3, -0.25) is 0 Å². The molecule has 110 valence electrons. The number of nitrogens with one attached hydrogen (secondary N) is 2. The van der Waals surface area contributed by atoms with E-state index in [0.717, 1.165) is 17.0 Å². The maximum Gasteiger partial charge on any atom is 0.335 e. The standard InChI is InChI=1S/C16H14N4O2/c1-10-4-5-11(15(21)22)9-14(10)20-16-18-8-6-13(19-16)12-3-2-7-17-12/h2-9,17H,1H3,(H,21,22)(H,18,19,20). The molecule has 0 aliphatic rings. The third-order valence-electron chi connectivity index (χ3n) is 3.26. The second kappa shape index (κ2) is 5.69. The Kier molecular flexibility index (Phi) is 3.57. The normalized spacial score (nSPS) is 10.4. The number of aromatic nitrogens is 3. The quantitative estimate of drug-likeness (QED) is 0.687. The lowest BCUT2D eigenvalue weighted by atomic mass is 10.1. The molecule has 0 bridgehead atoms. The highest BCUT2D eigenvalue weighted by atomic mass is 16.4. The van der Waals surface area contributed by atoms with Gasteiger partial charge < -0.3 is 15.4 Å². The number of anilines is 2. The fourth-order valence-corrected chi connectivity index (χ4v) is 2.07. The molecule has 0 saturated heterocycles. The molecule has 3 rings (SSSR count). The lowest BCUT2D eigenvalue weighted by molar-refractivity contribution is 0.0697. The summed E-state index contributed by atoms with van der Waals surface area (Å²) in [6.07, 6.45) is 3.48. The van der Waals surface area contributed by atoms with Crippen molar-refractivity contribution < 1.29 is 9.90 Å². The van der Waals surface area contributed by atoms with Crippen molar-refractivity contribution in [3.63, 3.8) is 0 Å². The fourth-order valence-electron chi connectivity index (χ4n) is 2.07. The summed E-state index contributed by atoms with van der Waals surface area (Å²) < 4.78 is 0. The number of carboxylic acids is 1. The van der Waals surface area contributed by atoms with E-state index in [9.17, 15) is 4.79 Å². The van der Waals surface area contributed by atoms with E-state index in [4.69, 9.17) is 5.11 Å². The molecule has 6 nitrogen and oxygen atoms in total. The van der Waals surface area contributed by atoms with Crippen LogP contribution in [0.3, 0.4) is 0 Å². The van der Waals surface area contributed by atoms with Crippen molar-refractivity contribution >= 4 is 17.6 Å². The lowest BCUT2D eigenvalue weighted by Crippen LogP contribution is -2.02. The summed E-state index contributed by atoms with van der Waals surface area (Å²) in [5, 5.41) is 12.1. The highest BCUT2D eigenvalue weighted by molar-refractivity contribution is 5.89. The summed E-state index contributed by atoms with van der Waals surface area (Å²) >= 11 is 0. The van der Waals surface area contributed by atoms with Crippen LogP contribution < -0.4 is 5.32 Å². The SMILES string of the molecule is Cc1ccc(C(=O)O)cc1Nc1nccc(-c2ccc[nH]2)n1. The molecule has 3 aromatic rings. The molecule has 0 saturated carbocycles. The topological polar surface area (TPSA) is 90.9 Å². The summed E-state index contributed by atoms with van der Waals surface area (Å²) in [5.74, 6) is -0.554. The van der Waals surface area contributed by atoms with Gasteiger partial charge >= 0.3 is 5.97 Å². The van der Waals surface area contributed by atoms with Gasteiger partial charge in [0.2, 0.25) is 5.95 Å². The molecular formula is C16H14N4O2. The van der Waals surface area contributed by atoms with Crippen molar-refractivity contribution in [1.29, 1.82) is 0 Å². The number of aromatic carboxylic acids is 1. The monoisotopic (exact) mass is 294 g/mol. The number of aryl methyl sites for hydroxylation is 1. The first-order valence-electron chi connectivity index (χ1n) is 6.71. The first kappa shape index (κ1) is 13.8. The second-order valence-electron chi connectivity index (χ2n) is 4.81. The van der Waals surface area contributed by atoms with Crippen LogP contribution in [0.4, 0.5) is 11.6 Å². The molecule has 0 aliphatic carbocycles. The van der Waals surface area contributed by atoms with Crippen molar-refractivity contribution in [3.8, 4) is 11.4 Å². The minimum atomic E-state index is -0.968. The molecule has 0 atom stereocenters. The van der Waals surface area contributed by atoms with Crippen LogP contribution in [-0.2, 0) is 0 Å². The predicted molar refractivity (Wildman–Crippen MR) is 83.2 cm³/mol. The predicted octanol–water partition coefficient (Wildman–Crippen LogP) is 3.22. The number of hydrogen-bond acceptors (Lipinski definition) is 4. The Morgan fingerprint density at radius 2 is 2.14 bits per heavy atom. The lowest BCUT2D eigenvalue weighted by Gasteiger charge is -2.09. The summed E-state index contributed by atoms with van der Waals surface area (Å²) in [7, 11) is 0. The Morgan fingerprint density at radius 1 is 1.27 bits per heavy atom. The van der Waals surface area contributed by atoms with Crippen molar-refractivity contribution in [2.75, 3.05) is 5.32 Å². The van der Waals surface area contributed by atoms with E-state index >= 15 is 0 Å². The Hall–Kier alpha value is -3.15. The molecule has 0 unspecified atom stereocenters. The van der Waals surface area contributed by atoms with Gasteiger partial charge in [-0.15, -0.1) is 0 Å². The molecule has 0 spiro atoms. The van der Waals surface area contributed by atoms with E-state index in [0.29, 0.717) is 11.6 Å². The Balaban J connectivity index is 1.92. The molecule has 0 radical (unpaired) electrons. The van der Waals surface area contributed by atoms with E-state index in [1.807, 2.05) is 25.3 Å². The van der Waals surface area contributed by atoms with Crippen LogP contribution in [0.5, 0.6) is 0 Å². The molecule has 0 aliphatic heterocycles. The number of hydrogen-bond donors (Lipinski definition) is 3. The van der Waals surface area contributed by atoms with Crippen LogP contribution in [-0.4, -0.2) is 26.0 Å². The number of carbonyl (C=O) groups is 1. The Bertz CT molecular complexity index is 813. The van der Waals surface area contributed by atoms with Crippen LogP contribution in [0.1, 0.15) is 15.9 Å². The molecule has 6 heteroatoms. The highest BCUT2D eigenvalue weighted by Crippen LogP contribution is 2.21. The van der Waals surface area contributed by atoms with Crippen LogP contribution in [0.25, 0.3) is 11.4 Å². The zero-order valence-corrected chi connectivity index (χ0v) is 11.9. The van der Waals surface area contributed by atoms with Gasteiger partial charge in [0.05, 0.1) is 17.0 Å². The number of benzene rings is 1. The average molecular weight is 294 g/mol. The van der Waals surface area contributed by atoms with E-state index in [-0.39, 0.29) is 5.56 Å². The number of rotatable bonds is 4. The summed E-state index contributed by atoms with van der Waals surface area (Å²) in [6, 6.07) is 10.5. The molecular weight excluding hydrogens is 280 g/mol. The second-order valence-corrected chi connectivity index (χ2v) is 4.81. The number of nitrogens with zero attached hydrogens (tertiary/aromatic N) is 2. The third kappa shape index (κ3) is 2.80. The van der Waals surface area contributed by atoms with E-state index in [1.165, 1.54) is 0 Å². The number of carboxylic acid groups (broad SMARTS) is 1. The van der Waals surface area contributed by atoms with Gasteiger partial charge in [0, 0.05) is 18.1 Å². The molecule has 22 heavy (non-hydrogen) atoms. The zero-order chi connectivity index (χ0) is 15.5. The van der Waals surface area contributed by atoms with Gasteiger partial charge in [0.1, 0.15) is 0 Å². The van der Waals surface area contributed by atoms with Crippen LogP contribution in [0.2, 0.25) is 0 Å². The molecule has 3 N–H and O–H groups in total. The molecule has 0 fully saturated rings. The van der Waals surface area contributed by atoms with E-state index in [1.54, 1.807) is 30.5 Å². The Labute approximate surface area is 126 Å². The minimum absolute atomic E-state index is 0.216. The van der Waals surface area contributed by atoms with Gasteiger partial charge in [0.15, 0.2) is 0 Å². The van der Waals surface area contributed by atoms with Crippen LogP contribution in [0, 0.1) is 6.92 Å². The maximum absolute atomic E-state index is 11.1. The third-order valence-corrected chi connectivity index (χ3v) is 3.26. The molecule has 1 aromatic carbocycles. The average Bonchev–Trinajstić information content (AvgIpc) is 3.04. The van der Waals surface area contributed by atoms with Gasteiger partial charge in [0.25, 0.3) is 0 Å². The van der Waals surface area contributed by atoms with Gasteiger partial charge in [-0.25, -0.2) is 14.8 Å². The molecule has 0 amide bonds. The largest absolute Gasteiger partial charge is 0.478 e. The number of aromatic amines is 1. The smallest absolute Gasteiger partial charge is 0.335 e. The fraction of sp³-hybridized carbons (Fsp3) is 0.0625. The number of H-pyrrole nitrogens is 1. The summed E-state index contributed by atoms with van der Waals surface area (Å²) in [5.41, 5.74) is 3.45. The first-order chi connectivity index (χ1) is 10.6. The van der Waals surface area contributed by atoms with Crippen LogP contribution in [0.15, 0.2) is 48.8 Å². The first-order valence-corrected chi connectivity index (χ1v) is 6.71. The highest BCUT2D eigenvalue weighted by Gasteiger charge is 2.08. The molecule has 2 aromatic heterocycles. The summed E-state index contributed by atoms with van der Waals surface area (Å²) in [6.45, 7) is 1.89. The van der Waals surface area contributed by atoms with Crippen LogP contribution >= 0.6 is 0 Å². The van der Waals surface area contributed by atoms with E-state index in [2.05, 4.69) is 20.3 Å². The minimum Gasteiger partial charge on any atom is -0.478 e. The van der Waals surface area contributed by atoms with Crippen molar-refractivity contribution in [2.24, 2.45) is 0 Å². The maximum atomic E-state index is 11.1.